The fraction of sp³-hybridized carbons (Fsp3) is 0.667. The molecule has 0 unspecified atom stereocenters. The fourth-order valence-corrected chi connectivity index (χ4v) is 3.13. The van der Waals surface area contributed by atoms with Gasteiger partial charge >= 0.3 is 5.97 Å². The lowest BCUT2D eigenvalue weighted by molar-refractivity contribution is 0.0526. The summed E-state index contributed by atoms with van der Waals surface area (Å²) < 4.78 is 4.90. The highest BCUT2D eigenvalue weighted by Gasteiger charge is 2.27. The lowest BCUT2D eigenvalue weighted by atomic mass is 9.85. The van der Waals surface area contributed by atoms with Crippen LogP contribution in [0.1, 0.15) is 60.3 Å². The Morgan fingerprint density at radius 2 is 2.14 bits per heavy atom. The number of thiazole rings is 1. The van der Waals surface area contributed by atoms with Gasteiger partial charge in [0.05, 0.1) is 6.61 Å². The zero-order valence-electron chi connectivity index (χ0n) is 12.8. The molecule has 1 fully saturated rings. The molecule has 1 aromatic heterocycles. The summed E-state index contributed by atoms with van der Waals surface area (Å²) in [6.45, 7) is 8.04. The molecule has 21 heavy (non-hydrogen) atoms. The first-order valence-corrected chi connectivity index (χ1v) is 8.23. The number of carbonyl (C=O) groups is 2. The van der Waals surface area contributed by atoms with Crippen molar-refractivity contribution in [1.29, 1.82) is 0 Å². The minimum absolute atomic E-state index is 0.0838. The van der Waals surface area contributed by atoms with Crippen LogP contribution >= 0.6 is 11.3 Å². The number of rotatable bonds is 3. The van der Waals surface area contributed by atoms with E-state index in [1.807, 2.05) is 4.90 Å². The van der Waals surface area contributed by atoms with Crippen LogP contribution in [0.15, 0.2) is 5.38 Å². The van der Waals surface area contributed by atoms with Gasteiger partial charge in [0.15, 0.2) is 0 Å². The molecule has 2 heterocycles. The predicted octanol–water partition coefficient (Wildman–Crippen LogP) is 2.97. The van der Waals surface area contributed by atoms with Crippen molar-refractivity contribution in [3.05, 3.63) is 16.1 Å². The van der Waals surface area contributed by atoms with Gasteiger partial charge < -0.3 is 9.64 Å². The first-order valence-electron chi connectivity index (χ1n) is 7.35. The minimum Gasteiger partial charge on any atom is -0.461 e. The van der Waals surface area contributed by atoms with Gasteiger partial charge in [0.1, 0.15) is 5.69 Å². The molecule has 1 saturated heterocycles. The van der Waals surface area contributed by atoms with Crippen molar-refractivity contribution in [2.24, 2.45) is 5.41 Å². The molecular formula is C15H22N2O3S. The average molecular weight is 310 g/mol. The van der Waals surface area contributed by atoms with Gasteiger partial charge in [0, 0.05) is 18.5 Å². The van der Waals surface area contributed by atoms with Crippen LogP contribution in [0.5, 0.6) is 0 Å². The van der Waals surface area contributed by atoms with E-state index in [9.17, 15) is 9.59 Å². The van der Waals surface area contributed by atoms with E-state index in [2.05, 4.69) is 18.8 Å². The maximum absolute atomic E-state index is 12.5. The summed E-state index contributed by atoms with van der Waals surface area (Å²) in [6, 6.07) is 0. The van der Waals surface area contributed by atoms with Gasteiger partial charge in [-0.2, -0.15) is 0 Å². The van der Waals surface area contributed by atoms with Crippen molar-refractivity contribution >= 4 is 23.2 Å². The number of nitrogens with zero attached hydrogens (tertiary/aromatic N) is 2. The van der Waals surface area contributed by atoms with E-state index in [0.29, 0.717) is 12.3 Å². The molecule has 0 bridgehead atoms. The number of ether oxygens (including phenoxy) is 1. The maximum Gasteiger partial charge on any atom is 0.367 e. The topological polar surface area (TPSA) is 59.5 Å². The summed E-state index contributed by atoms with van der Waals surface area (Å²) >= 11 is 1.16. The van der Waals surface area contributed by atoms with Crippen molar-refractivity contribution < 1.29 is 14.3 Å². The summed E-state index contributed by atoms with van der Waals surface area (Å²) in [7, 11) is 0. The van der Waals surface area contributed by atoms with Gasteiger partial charge in [-0.15, -0.1) is 11.3 Å². The van der Waals surface area contributed by atoms with E-state index < -0.39 is 5.97 Å². The highest BCUT2D eigenvalue weighted by Crippen LogP contribution is 2.30. The normalized spacial score (nSPS) is 18.1. The number of amides is 1. The zero-order valence-corrected chi connectivity index (χ0v) is 13.7. The van der Waals surface area contributed by atoms with Crippen molar-refractivity contribution in [2.45, 2.75) is 40.0 Å². The summed E-state index contributed by atoms with van der Waals surface area (Å²) in [5, 5.41) is 1.89. The monoisotopic (exact) mass is 310 g/mol. The number of hydrogen-bond acceptors (Lipinski definition) is 5. The Balaban J connectivity index is 2.04. The lowest BCUT2D eigenvalue weighted by Gasteiger charge is -2.22. The predicted molar refractivity (Wildman–Crippen MR) is 81.6 cm³/mol. The zero-order chi connectivity index (χ0) is 15.5. The first-order chi connectivity index (χ1) is 9.93. The quantitative estimate of drug-likeness (QED) is 0.805. The van der Waals surface area contributed by atoms with Crippen LogP contribution in [0, 0.1) is 5.41 Å². The highest BCUT2D eigenvalue weighted by atomic mass is 32.1. The molecule has 0 aliphatic carbocycles. The molecule has 2 rings (SSSR count). The standard InChI is InChI=1S/C15H22N2O3S/c1-4-20-14(19)12-16-11(10-21-12)13(18)17-8-5-6-15(2,3)7-9-17/h10H,4-9H2,1-3H3. The van der Waals surface area contributed by atoms with Crippen LogP contribution in [0.25, 0.3) is 0 Å². The largest absolute Gasteiger partial charge is 0.461 e. The van der Waals surface area contributed by atoms with Gasteiger partial charge in [-0.1, -0.05) is 13.8 Å². The Labute approximate surface area is 129 Å². The molecule has 0 aromatic carbocycles. The van der Waals surface area contributed by atoms with Crippen LogP contribution in [-0.4, -0.2) is 41.5 Å². The first kappa shape index (κ1) is 15.9. The smallest absolute Gasteiger partial charge is 0.367 e. The maximum atomic E-state index is 12.5. The van der Waals surface area contributed by atoms with Gasteiger partial charge in [-0.05, 0) is 31.6 Å². The SMILES string of the molecule is CCOC(=O)c1nc(C(=O)N2CCCC(C)(C)CC2)cs1. The minimum atomic E-state index is -0.460. The molecule has 0 spiro atoms. The Bertz CT molecular complexity index is 525. The molecular weight excluding hydrogens is 288 g/mol. The van der Waals surface area contributed by atoms with E-state index in [-0.39, 0.29) is 16.3 Å². The third-order valence-corrected chi connectivity index (χ3v) is 4.62. The Morgan fingerprint density at radius 3 is 2.86 bits per heavy atom. The Kier molecular flexibility index (Phi) is 4.98. The summed E-state index contributed by atoms with van der Waals surface area (Å²) in [4.78, 5) is 30.0. The van der Waals surface area contributed by atoms with E-state index in [0.717, 1.165) is 43.7 Å². The molecule has 0 saturated carbocycles. The van der Waals surface area contributed by atoms with Crippen molar-refractivity contribution in [3.8, 4) is 0 Å². The second kappa shape index (κ2) is 6.56. The van der Waals surface area contributed by atoms with Crippen LogP contribution in [0.4, 0.5) is 0 Å². The van der Waals surface area contributed by atoms with E-state index >= 15 is 0 Å². The van der Waals surface area contributed by atoms with Crippen LogP contribution < -0.4 is 0 Å². The molecule has 1 aromatic rings. The van der Waals surface area contributed by atoms with Gasteiger partial charge in [0.2, 0.25) is 5.01 Å². The van der Waals surface area contributed by atoms with E-state index in [4.69, 9.17) is 4.74 Å². The highest BCUT2D eigenvalue weighted by molar-refractivity contribution is 7.11. The molecule has 1 aliphatic heterocycles. The van der Waals surface area contributed by atoms with Crippen LogP contribution in [-0.2, 0) is 4.74 Å². The summed E-state index contributed by atoms with van der Waals surface area (Å²) in [5.74, 6) is -0.543. The number of aromatic nitrogens is 1. The molecule has 0 N–H and O–H groups in total. The van der Waals surface area contributed by atoms with Gasteiger partial charge in [-0.3, -0.25) is 4.79 Å². The molecule has 6 heteroatoms. The van der Waals surface area contributed by atoms with E-state index in [1.54, 1.807) is 12.3 Å². The third kappa shape index (κ3) is 4.03. The molecule has 0 atom stereocenters. The van der Waals surface area contributed by atoms with Gasteiger partial charge in [-0.25, -0.2) is 9.78 Å². The molecule has 0 radical (unpaired) electrons. The fourth-order valence-electron chi connectivity index (χ4n) is 2.45. The Morgan fingerprint density at radius 1 is 1.38 bits per heavy atom. The second-order valence-corrected chi connectivity index (χ2v) is 6.93. The molecule has 1 amide bonds. The van der Waals surface area contributed by atoms with Crippen LogP contribution in [0.3, 0.4) is 0 Å². The lowest BCUT2D eigenvalue weighted by Crippen LogP contribution is -2.32. The number of carbonyl (C=O) groups excluding carboxylic acids is 2. The molecule has 5 nitrogen and oxygen atoms in total. The molecule has 1 aliphatic rings. The summed E-state index contributed by atoms with van der Waals surface area (Å²) in [6.07, 6.45) is 3.13. The average Bonchev–Trinajstić information content (AvgIpc) is 2.84. The number of likely N-dealkylation sites (tertiary alicyclic amines) is 1. The van der Waals surface area contributed by atoms with Crippen molar-refractivity contribution in [1.82, 2.24) is 9.88 Å². The summed E-state index contributed by atoms with van der Waals surface area (Å²) in [5.41, 5.74) is 0.635. The third-order valence-electron chi connectivity index (χ3n) is 3.80. The van der Waals surface area contributed by atoms with Crippen LogP contribution in [0.2, 0.25) is 0 Å². The van der Waals surface area contributed by atoms with E-state index in [1.165, 1.54) is 0 Å². The van der Waals surface area contributed by atoms with Gasteiger partial charge in [0.25, 0.3) is 5.91 Å². The number of esters is 1. The van der Waals surface area contributed by atoms with Crippen molar-refractivity contribution in [2.75, 3.05) is 19.7 Å². The number of hydrogen-bond donors (Lipinski definition) is 0. The Hall–Kier alpha value is -1.43. The molecule has 116 valence electrons. The second-order valence-electron chi connectivity index (χ2n) is 6.07. The van der Waals surface area contributed by atoms with Crippen molar-refractivity contribution in [3.63, 3.8) is 0 Å².